The maximum Gasteiger partial charge on any atom is 0.237 e. The van der Waals surface area contributed by atoms with Crippen LogP contribution < -0.4 is 10.6 Å². The highest BCUT2D eigenvalue weighted by atomic mass is 16.3. The first-order chi connectivity index (χ1) is 8.75. The van der Waals surface area contributed by atoms with Crippen LogP contribution in [-0.2, 0) is 11.2 Å². The molecule has 1 saturated heterocycles. The van der Waals surface area contributed by atoms with Crippen LogP contribution in [0.5, 0.6) is 0 Å². The summed E-state index contributed by atoms with van der Waals surface area (Å²) in [6.45, 7) is 3.00. The molecule has 2 rings (SSSR count). The van der Waals surface area contributed by atoms with Crippen LogP contribution in [-0.4, -0.2) is 24.5 Å². The van der Waals surface area contributed by atoms with Gasteiger partial charge in [-0.3, -0.25) is 4.79 Å². The Labute approximate surface area is 108 Å². The predicted octanol–water partition coefficient (Wildman–Crippen LogP) is 1.86. The molecule has 4 nitrogen and oxygen atoms in total. The van der Waals surface area contributed by atoms with Gasteiger partial charge >= 0.3 is 0 Å². The van der Waals surface area contributed by atoms with Crippen molar-refractivity contribution in [1.29, 1.82) is 0 Å². The Bertz CT molecular complexity index is 356. The molecule has 1 fully saturated rings. The Balaban J connectivity index is 1.69. The lowest BCUT2D eigenvalue weighted by atomic mass is 10.0. The summed E-state index contributed by atoms with van der Waals surface area (Å²) in [4.78, 5) is 12.0. The van der Waals surface area contributed by atoms with E-state index in [1.807, 2.05) is 19.1 Å². The van der Waals surface area contributed by atoms with Gasteiger partial charge in [0.05, 0.1) is 12.3 Å². The van der Waals surface area contributed by atoms with Gasteiger partial charge in [-0.25, -0.2) is 0 Å². The van der Waals surface area contributed by atoms with E-state index in [1.165, 1.54) is 6.42 Å². The zero-order valence-corrected chi connectivity index (χ0v) is 10.9. The number of piperidine rings is 1. The number of carbonyl (C=O) groups is 1. The first kappa shape index (κ1) is 13.1. The second-order valence-electron chi connectivity index (χ2n) is 5.03. The first-order valence-electron chi connectivity index (χ1n) is 6.82. The van der Waals surface area contributed by atoms with Gasteiger partial charge < -0.3 is 15.1 Å². The first-order valence-corrected chi connectivity index (χ1v) is 6.82. The van der Waals surface area contributed by atoms with Crippen molar-refractivity contribution in [2.75, 3.05) is 6.54 Å². The van der Waals surface area contributed by atoms with E-state index in [4.69, 9.17) is 4.42 Å². The lowest BCUT2D eigenvalue weighted by molar-refractivity contribution is -0.124. The minimum Gasteiger partial charge on any atom is -0.469 e. The molecule has 0 saturated carbocycles. The van der Waals surface area contributed by atoms with Crippen molar-refractivity contribution < 1.29 is 9.21 Å². The molecule has 4 heteroatoms. The highest BCUT2D eigenvalue weighted by Gasteiger charge is 2.21. The molecule has 0 bridgehead atoms. The Morgan fingerprint density at radius 1 is 1.61 bits per heavy atom. The quantitative estimate of drug-likeness (QED) is 0.838. The van der Waals surface area contributed by atoms with E-state index in [2.05, 4.69) is 10.6 Å². The van der Waals surface area contributed by atoms with Crippen molar-refractivity contribution in [3.05, 3.63) is 24.2 Å². The average molecular weight is 250 g/mol. The molecule has 18 heavy (non-hydrogen) atoms. The van der Waals surface area contributed by atoms with Crippen LogP contribution in [0, 0.1) is 0 Å². The molecule has 100 valence electrons. The third kappa shape index (κ3) is 3.88. The van der Waals surface area contributed by atoms with Gasteiger partial charge in [0.25, 0.3) is 0 Å². The summed E-state index contributed by atoms with van der Waals surface area (Å²) in [7, 11) is 0. The zero-order chi connectivity index (χ0) is 12.8. The maximum atomic E-state index is 12.0. The molecule has 1 amide bonds. The van der Waals surface area contributed by atoms with Crippen molar-refractivity contribution in [3.63, 3.8) is 0 Å². The topological polar surface area (TPSA) is 54.3 Å². The molecule has 1 aliphatic heterocycles. The Kier molecular flexibility index (Phi) is 4.81. The summed E-state index contributed by atoms with van der Waals surface area (Å²) in [5, 5.41) is 6.33. The molecule has 1 aromatic heterocycles. The average Bonchev–Trinajstić information content (AvgIpc) is 2.90. The number of nitrogens with one attached hydrogen (secondary N) is 2. The highest BCUT2D eigenvalue weighted by molar-refractivity contribution is 5.82. The third-order valence-electron chi connectivity index (χ3n) is 3.42. The molecule has 2 atom stereocenters. The summed E-state index contributed by atoms with van der Waals surface area (Å²) >= 11 is 0. The SMILES string of the molecule is CC(CCc1ccco1)NC(=O)[C@H]1CCCCN1. The van der Waals surface area contributed by atoms with Crippen LogP contribution in [0.1, 0.15) is 38.4 Å². The third-order valence-corrected chi connectivity index (χ3v) is 3.42. The van der Waals surface area contributed by atoms with E-state index < -0.39 is 0 Å². The van der Waals surface area contributed by atoms with E-state index in [1.54, 1.807) is 6.26 Å². The number of aryl methyl sites for hydroxylation is 1. The van der Waals surface area contributed by atoms with Gasteiger partial charge in [-0.05, 0) is 44.9 Å². The van der Waals surface area contributed by atoms with Gasteiger partial charge in [-0.2, -0.15) is 0 Å². The predicted molar refractivity (Wildman–Crippen MR) is 70.3 cm³/mol. The monoisotopic (exact) mass is 250 g/mol. The summed E-state index contributed by atoms with van der Waals surface area (Å²) in [5.41, 5.74) is 0. The Morgan fingerprint density at radius 3 is 3.17 bits per heavy atom. The van der Waals surface area contributed by atoms with Gasteiger partial charge in [0, 0.05) is 12.5 Å². The molecule has 0 spiro atoms. The van der Waals surface area contributed by atoms with Crippen LogP contribution in [0.25, 0.3) is 0 Å². The van der Waals surface area contributed by atoms with Crippen molar-refractivity contribution in [2.24, 2.45) is 0 Å². The van der Waals surface area contributed by atoms with Crippen molar-refractivity contribution >= 4 is 5.91 Å². The molecular weight excluding hydrogens is 228 g/mol. The van der Waals surface area contributed by atoms with Crippen molar-refractivity contribution in [3.8, 4) is 0 Å². The van der Waals surface area contributed by atoms with Gasteiger partial charge in [0.2, 0.25) is 5.91 Å². The van der Waals surface area contributed by atoms with E-state index >= 15 is 0 Å². The zero-order valence-electron chi connectivity index (χ0n) is 10.9. The van der Waals surface area contributed by atoms with Gasteiger partial charge in [-0.1, -0.05) is 6.42 Å². The van der Waals surface area contributed by atoms with Crippen molar-refractivity contribution in [1.82, 2.24) is 10.6 Å². The van der Waals surface area contributed by atoms with Crippen LogP contribution in [0.3, 0.4) is 0 Å². The van der Waals surface area contributed by atoms with E-state index in [0.717, 1.165) is 38.0 Å². The smallest absolute Gasteiger partial charge is 0.237 e. The summed E-state index contributed by atoms with van der Waals surface area (Å²) < 4.78 is 5.28. The van der Waals surface area contributed by atoms with Crippen LogP contribution >= 0.6 is 0 Å². The van der Waals surface area contributed by atoms with E-state index in [0.29, 0.717) is 0 Å². The fourth-order valence-electron chi connectivity index (χ4n) is 2.30. The number of rotatable bonds is 5. The number of carbonyl (C=O) groups excluding carboxylic acids is 1. The Morgan fingerprint density at radius 2 is 2.50 bits per heavy atom. The van der Waals surface area contributed by atoms with Crippen LogP contribution in [0.4, 0.5) is 0 Å². The number of amides is 1. The molecule has 2 heterocycles. The second-order valence-corrected chi connectivity index (χ2v) is 5.03. The molecule has 1 aromatic rings. The maximum absolute atomic E-state index is 12.0. The van der Waals surface area contributed by atoms with Gasteiger partial charge in [-0.15, -0.1) is 0 Å². The number of furan rings is 1. The summed E-state index contributed by atoms with van der Waals surface area (Å²) in [6.07, 6.45) is 6.74. The van der Waals surface area contributed by atoms with Crippen molar-refractivity contribution in [2.45, 2.75) is 51.1 Å². The molecular formula is C14H22N2O2. The Hall–Kier alpha value is -1.29. The normalized spacial score (nSPS) is 21.5. The standard InChI is InChI=1S/C14H22N2O2/c1-11(7-8-12-5-4-10-18-12)16-14(17)13-6-2-3-9-15-13/h4-5,10-11,13,15H,2-3,6-9H2,1H3,(H,16,17)/t11?,13-/m1/s1. The minimum absolute atomic E-state index is 0.00446. The largest absolute Gasteiger partial charge is 0.469 e. The molecule has 1 unspecified atom stereocenters. The molecule has 0 aromatic carbocycles. The van der Waals surface area contributed by atoms with Gasteiger partial charge in [0.1, 0.15) is 5.76 Å². The highest BCUT2D eigenvalue weighted by Crippen LogP contribution is 2.09. The number of hydrogen-bond donors (Lipinski definition) is 2. The minimum atomic E-state index is 0.00446. The molecule has 2 N–H and O–H groups in total. The lowest BCUT2D eigenvalue weighted by Gasteiger charge is -2.24. The van der Waals surface area contributed by atoms with Gasteiger partial charge in [0.15, 0.2) is 0 Å². The summed E-state index contributed by atoms with van der Waals surface area (Å²) in [6, 6.07) is 4.05. The molecule has 1 aliphatic rings. The molecule has 0 aliphatic carbocycles. The summed E-state index contributed by atoms with van der Waals surface area (Å²) in [5.74, 6) is 1.12. The van der Waals surface area contributed by atoms with Crippen LogP contribution in [0.15, 0.2) is 22.8 Å². The lowest BCUT2D eigenvalue weighted by Crippen LogP contribution is -2.49. The fourth-order valence-corrected chi connectivity index (χ4v) is 2.30. The number of hydrogen-bond acceptors (Lipinski definition) is 3. The fraction of sp³-hybridized carbons (Fsp3) is 0.643. The second kappa shape index (κ2) is 6.59. The van der Waals surface area contributed by atoms with E-state index in [9.17, 15) is 4.79 Å². The molecule has 0 radical (unpaired) electrons. The van der Waals surface area contributed by atoms with Crippen LogP contribution in [0.2, 0.25) is 0 Å². The van der Waals surface area contributed by atoms with E-state index in [-0.39, 0.29) is 18.0 Å².